The van der Waals surface area contributed by atoms with E-state index in [0.717, 1.165) is 37.9 Å². The Bertz CT molecular complexity index is 470. The summed E-state index contributed by atoms with van der Waals surface area (Å²) in [5, 5.41) is 3.32. The van der Waals surface area contributed by atoms with E-state index in [1.165, 1.54) is 6.07 Å². The Labute approximate surface area is 120 Å². The van der Waals surface area contributed by atoms with Crippen LogP contribution in [0.15, 0.2) is 18.2 Å². The van der Waals surface area contributed by atoms with E-state index in [1.807, 2.05) is 18.7 Å². The lowest BCUT2D eigenvalue weighted by atomic mass is 10.0. The number of nitrogens with one attached hydrogen (secondary N) is 1. The van der Waals surface area contributed by atoms with E-state index in [1.54, 1.807) is 12.1 Å². The number of piperidine rings is 1. The van der Waals surface area contributed by atoms with E-state index in [9.17, 15) is 9.18 Å². The molecular weight excluding hydrogens is 255 g/mol. The maximum absolute atomic E-state index is 14.0. The van der Waals surface area contributed by atoms with Crippen LogP contribution in [0.4, 0.5) is 4.39 Å². The van der Waals surface area contributed by atoms with E-state index in [2.05, 4.69) is 5.32 Å². The monoisotopic (exact) mass is 278 g/mol. The van der Waals surface area contributed by atoms with Gasteiger partial charge in [-0.2, -0.15) is 0 Å². The SMILES string of the molecule is CCCN(C(=O)c1ccc(C)cc1F)C1CCCNC1. The maximum Gasteiger partial charge on any atom is 0.257 e. The molecule has 2 rings (SSSR count). The Morgan fingerprint density at radius 1 is 1.50 bits per heavy atom. The van der Waals surface area contributed by atoms with Gasteiger partial charge in [-0.15, -0.1) is 0 Å². The third-order valence-electron chi connectivity index (χ3n) is 3.79. The Hall–Kier alpha value is -1.42. The van der Waals surface area contributed by atoms with Crippen LogP contribution in [-0.4, -0.2) is 36.5 Å². The van der Waals surface area contributed by atoms with Crippen molar-refractivity contribution in [2.75, 3.05) is 19.6 Å². The molecule has 1 saturated heterocycles. The molecule has 1 amide bonds. The number of rotatable bonds is 4. The number of benzene rings is 1. The molecule has 1 aliphatic heterocycles. The molecule has 1 aliphatic rings. The molecule has 3 nitrogen and oxygen atoms in total. The lowest BCUT2D eigenvalue weighted by molar-refractivity contribution is 0.0644. The van der Waals surface area contributed by atoms with Gasteiger partial charge in [0.1, 0.15) is 5.82 Å². The van der Waals surface area contributed by atoms with Crippen LogP contribution in [0.5, 0.6) is 0 Å². The normalized spacial score (nSPS) is 18.9. The lowest BCUT2D eigenvalue weighted by Crippen LogP contribution is -2.49. The van der Waals surface area contributed by atoms with Crippen molar-refractivity contribution < 1.29 is 9.18 Å². The van der Waals surface area contributed by atoms with E-state index in [-0.39, 0.29) is 17.5 Å². The molecule has 0 spiro atoms. The van der Waals surface area contributed by atoms with Crippen molar-refractivity contribution in [1.29, 1.82) is 0 Å². The number of amides is 1. The van der Waals surface area contributed by atoms with Crippen molar-refractivity contribution in [1.82, 2.24) is 10.2 Å². The maximum atomic E-state index is 14.0. The highest BCUT2D eigenvalue weighted by Crippen LogP contribution is 2.18. The minimum absolute atomic E-state index is 0.178. The average Bonchev–Trinajstić information content (AvgIpc) is 2.45. The zero-order chi connectivity index (χ0) is 14.5. The van der Waals surface area contributed by atoms with Gasteiger partial charge in [-0.3, -0.25) is 4.79 Å². The number of carbonyl (C=O) groups excluding carboxylic acids is 1. The van der Waals surface area contributed by atoms with Crippen LogP contribution in [-0.2, 0) is 0 Å². The minimum atomic E-state index is -0.417. The third-order valence-corrected chi connectivity index (χ3v) is 3.79. The number of hydrogen-bond donors (Lipinski definition) is 1. The number of hydrogen-bond acceptors (Lipinski definition) is 2. The summed E-state index contributed by atoms with van der Waals surface area (Å²) in [4.78, 5) is 14.5. The first-order valence-corrected chi connectivity index (χ1v) is 7.41. The molecule has 110 valence electrons. The second kappa shape index (κ2) is 6.84. The summed E-state index contributed by atoms with van der Waals surface area (Å²) in [6, 6.07) is 5.00. The molecule has 1 fully saturated rings. The molecule has 0 aliphatic carbocycles. The van der Waals surface area contributed by atoms with Crippen LogP contribution >= 0.6 is 0 Å². The molecule has 1 aromatic rings. The van der Waals surface area contributed by atoms with Gasteiger partial charge in [0.2, 0.25) is 0 Å². The number of nitrogens with zero attached hydrogens (tertiary/aromatic N) is 1. The topological polar surface area (TPSA) is 32.3 Å². The van der Waals surface area contributed by atoms with Crippen molar-refractivity contribution in [2.45, 2.75) is 39.2 Å². The summed E-state index contributed by atoms with van der Waals surface area (Å²) in [5.41, 5.74) is 1.02. The first kappa shape index (κ1) is 15.0. The van der Waals surface area contributed by atoms with Crippen molar-refractivity contribution in [3.05, 3.63) is 35.1 Å². The third kappa shape index (κ3) is 3.37. The highest BCUT2D eigenvalue weighted by molar-refractivity contribution is 5.94. The average molecular weight is 278 g/mol. The summed E-state index contributed by atoms with van der Waals surface area (Å²) >= 11 is 0. The van der Waals surface area contributed by atoms with Gasteiger partial charge in [0.15, 0.2) is 0 Å². The standard InChI is InChI=1S/C16H23FN2O/c1-3-9-19(13-5-4-8-18-11-13)16(20)14-7-6-12(2)10-15(14)17/h6-7,10,13,18H,3-5,8-9,11H2,1-2H3. The van der Waals surface area contributed by atoms with Gasteiger partial charge in [0.25, 0.3) is 5.91 Å². The molecule has 1 aromatic carbocycles. The van der Waals surface area contributed by atoms with Crippen LogP contribution in [0.1, 0.15) is 42.1 Å². The lowest BCUT2D eigenvalue weighted by Gasteiger charge is -2.34. The largest absolute Gasteiger partial charge is 0.334 e. The fourth-order valence-corrected chi connectivity index (χ4v) is 2.74. The summed E-state index contributed by atoms with van der Waals surface area (Å²) in [5.74, 6) is -0.599. The van der Waals surface area contributed by atoms with E-state index in [4.69, 9.17) is 0 Å². The van der Waals surface area contributed by atoms with Gasteiger partial charge in [-0.25, -0.2) is 4.39 Å². The van der Waals surface area contributed by atoms with Crippen LogP contribution < -0.4 is 5.32 Å². The number of carbonyl (C=O) groups is 1. The summed E-state index contributed by atoms with van der Waals surface area (Å²) in [7, 11) is 0. The molecular formula is C16H23FN2O. The fourth-order valence-electron chi connectivity index (χ4n) is 2.74. The zero-order valence-corrected chi connectivity index (χ0v) is 12.3. The second-order valence-corrected chi connectivity index (χ2v) is 5.48. The molecule has 1 atom stereocenters. The van der Waals surface area contributed by atoms with Crippen molar-refractivity contribution in [3.63, 3.8) is 0 Å². The molecule has 0 saturated carbocycles. The molecule has 0 aromatic heterocycles. The van der Waals surface area contributed by atoms with Gasteiger partial charge in [0, 0.05) is 19.1 Å². The van der Waals surface area contributed by atoms with E-state index in [0.29, 0.717) is 6.54 Å². The smallest absolute Gasteiger partial charge is 0.257 e. The summed E-state index contributed by atoms with van der Waals surface area (Å²) in [6.07, 6.45) is 2.94. The number of halogens is 1. The summed E-state index contributed by atoms with van der Waals surface area (Å²) in [6.45, 7) is 6.36. The van der Waals surface area contributed by atoms with Crippen LogP contribution in [0.25, 0.3) is 0 Å². The molecule has 1 heterocycles. The Morgan fingerprint density at radius 2 is 2.30 bits per heavy atom. The van der Waals surface area contributed by atoms with Gasteiger partial charge in [0.05, 0.1) is 5.56 Å². The quantitative estimate of drug-likeness (QED) is 0.918. The zero-order valence-electron chi connectivity index (χ0n) is 12.3. The van der Waals surface area contributed by atoms with Gasteiger partial charge >= 0.3 is 0 Å². The van der Waals surface area contributed by atoms with Crippen LogP contribution in [0.3, 0.4) is 0 Å². The summed E-state index contributed by atoms with van der Waals surface area (Å²) < 4.78 is 14.0. The van der Waals surface area contributed by atoms with Gasteiger partial charge in [-0.1, -0.05) is 13.0 Å². The second-order valence-electron chi connectivity index (χ2n) is 5.48. The molecule has 1 unspecified atom stereocenters. The Morgan fingerprint density at radius 3 is 2.90 bits per heavy atom. The Balaban J connectivity index is 2.21. The van der Waals surface area contributed by atoms with Crippen LogP contribution in [0, 0.1) is 12.7 Å². The predicted octanol–water partition coefficient (Wildman–Crippen LogP) is 2.74. The first-order chi connectivity index (χ1) is 9.63. The fraction of sp³-hybridized carbons (Fsp3) is 0.562. The van der Waals surface area contributed by atoms with E-state index >= 15 is 0 Å². The molecule has 1 N–H and O–H groups in total. The first-order valence-electron chi connectivity index (χ1n) is 7.41. The van der Waals surface area contributed by atoms with Crippen molar-refractivity contribution in [2.24, 2.45) is 0 Å². The number of aryl methyl sites for hydroxylation is 1. The van der Waals surface area contributed by atoms with Crippen molar-refractivity contribution >= 4 is 5.91 Å². The minimum Gasteiger partial charge on any atom is -0.334 e. The Kier molecular flexibility index (Phi) is 5.12. The van der Waals surface area contributed by atoms with E-state index < -0.39 is 5.82 Å². The molecule has 0 radical (unpaired) electrons. The molecule has 20 heavy (non-hydrogen) atoms. The highest BCUT2D eigenvalue weighted by atomic mass is 19.1. The van der Waals surface area contributed by atoms with Gasteiger partial charge < -0.3 is 10.2 Å². The van der Waals surface area contributed by atoms with Gasteiger partial charge in [-0.05, 0) is 50.4 Å². The van der Waals surface area contributed by atoms with Crippen molar-refractivity contribution in [3.8, 4) is 0 Å². The van der Waals surface area contributed by atoms with Crippen LogP contribution in [0.2, 0.25) is 0 Å². The molecule has 4 heteroatoms. The molecule has 0 bridgehead atoms. The highest BCUT2D eigenvalue weighted by Gasteiger charge is 2.27. The predicted molar refractivity (Wildman–Crippen MR) is 78.4 cm³/mol.